The maximum atomic E-state index is 11.9. The standard InChI is InChI=1S/C19H27Cl2N3O3/c20-15-6-1-7-16(18(15)21)27-12-3-8-17(25)23-9-4-11-24-10-2-5-14(13-24)19(22)26/h1,6-7,14H,2-5,8-13H2,(H2,22,26)(H,23,25). The van der Waals surface area contributed by atoms with E-state index in [1.807, 2.05) is 0 Å². The van der Waals surface area contributed by atoms with Crippen LogP contribution >= 0.6 is 23.2 Å². The summed E-state index contributed by atoms with van der Waals surface area (Å²) in [4.78, 5) is 25.4. The van der Waals surface area contributed by atoms with Crippen LogP contribution in [-0.2, 0) is 9.59 Å². The van der Waals surface area contributed by atoms with E-state index in [1.165, 1.54) is 0 Å². The van der Waals surface area contributed by atoms with Crippen LogP contribution in [0.25, 0.3) is 0 Å². The number of hydrogen-bond donors (Lipinski definition) is 2. The lowest BCUT2D eigenvalue weighted by Gasteiger charge is -2.31. The molecule has 8 heteroatoms. The van der Waals surface area contributed by atoms with Gasteiger partial charge in [0.25, 0.3) is 0 Å². The van der Waals surface area contributed by atoms with Crippen LogP contribution in [0.5, 0.6) is 5.75 Å². The Kier molecular flexibility index (Phi) is 9.18. The van der Waals surface area contributed by atoms with Gasteiger partial charge in [0.15, 0.2) is 0 Å². The van der Waals surface area contributed by atoms with E-state index in [2.05, 4.69) is 10.2 Å². The second kappa shape index (κ2) is 11.4. The Bertz CT molecular complexity index is 643. The minimum atomic E-state index is -0.214. The van der Waals surface area contributed by atoms with Crippen molar-refractivity contribution >= 4 is 35.0 Å². The smallest absolute Gasteiger partial charge is 0.221 e. The molecular formula is C19H27Cl2N3O3. The molecule has 1 saturated heterocycles. The first-order valence-electron chi connectivity index (χ1n) is 9.32. The second-order valence-corrected chi connectivity index (χ2v) is 7.53. The van der Waals surface area contributed by atoms with Crippen LogP contribution in [0.3, 0.4) is 0 Å². The van der Waals surface area contributed by atoms with Gasteiger partial charge in [0.05, 0.1) is 17.5 Å². The van der Waals surface area contributed by atoms with Crippen LogP contribution in [-0.4, -0.2) is 49.5 Å². The molecule has 1 aromatic rings. The molecule has 6 nitrogen and oxygen atoms in total. The first kappa shape index (κ1) is 21.8. The van der Waals surface area contributed by atoms with Crippen molar-refractivity contribution in [1.82, 2.24) is 10.2 Å². The van der Waals surface area contributed by atoms with Crippen molar-refractivity contribution < 1.29 is 14.3 Å². The molecule has 0 bridgehead atoms. The quantitative estimate of drug-likeness (QED) is 0.575. The monoisotopic (exact) mass is 415 g/mol. The third-order valence-electron chi connectivity index (χ3n) is 4.60. The van der Waals surface area contributed by atoms with Gasteiger partial charge in [0.2, 0.25) is 11.8 Å². The molecule has 2 amide bonds. The number of primary amides is 1. The number of piperidine rings is 1. The predicted molar refractivity (Wildman–Crippen MR) is 107 cm³/mol. The Morgan fingerprint density at radius 3 is 2.89 bits per heavy atom. The van der Waals surface area contributed by atoms with E-state index < -0.39 is 0 Å². The number of halogens is 2. The van der Waals surface area contributed by atoms with Crippen LogP contribution in [0.1, 0.15) is 32.1 Å². The first-order valence-corrected chi connectivity index (χ1v) is 10.1. The van der Waals surface area contributed by atoms with Gasteiger partial charge in [-0.3, -0.25) is 9.59 Å². The van der Waals surface area contributed by atoms with Crippen LogP contribution in [0.15, 0.2) is 18.2 Å². The molecule has 0 aromatic heterocycles. The largest absolute Gasteiger partial charge is 0.492 e. The van der Waals surface area contributed by atoms with Crippen LogP contribution in [0.2, 0.25) is 10.0 Å². The van der Waals surface area contributed by atoms with E-state index >= 15 is 0 Å². The lowest BCUT2D eigenvalue weighted by atomic mass is 9.97. The molecule has 150 valence electrons. The Balaban J connectivity index is 1.53. The highest BCUT2D eigenvalue weighted by molar-refractivity contribution is 6.42. The van der Waals surface area contributed by atoms with Crippen LogP contribution in [0.4, 0.5) is 0 Å². The van der Waals surface area contributed by atoms with Crippen molar-refractivity contribution in [3.05, 3.63) is 28.2 Å². The maximum Gasteiger partial charge on any atom is 0.221 e. The summed E-state index contributed by atoms with van der Waals surface area (Å²) in [5.41, 5.74) is 5.39. The molecule has 27 heavy (non-hydrogen) atoms. The van der Waals surface area contributed by atoms with Crippen molar-refractivity contribution in [3.63, 3.8) is 0 Å². The van der Waals surface area contributed by atoms with Gasteiger partial charge in [0.1, 0.15) is 10.8 Å². The normalized spacial score (nSPS) is 17.5. The summed E-state index contributed by atoms with van der Waals surface area (Å²) in [6.07, 6.45) is 3.72. The van der Waals surface area contributed by atoms with Crippen molar-refractivity contribution in [1.29, 1.82) is 0 Å². The molecule has 0 saturated carbocycles. The average Bonchev–Trinajstić information content (AvgIpc) is 2.66. The van der Waals surface area contributed by atoms with Crippen molar-refractivity contribution in [3.8, 4) is 5.75 Å². The number of hydrogen-bond acceptors (Lipinski definition) is 4. The van der Waals surface area contributed by atoms with E-state index in [1.54, 1.807) is 18.2 Å². The number of nitrogens with zero attached hydrogens (tertiary/aromatic N) is 1. The van der Waals surface area contributed by atoms with Crippen LogP contribution in [0, 0.1) is 5.92 Å². The Hall–Kier alpha value is -1.50. The minimum Gasteiger partial charge on any atom is -0.492 e. The van der Waals surface area contributed by atoms with E-state index in [0.717, 1.165) is 38.9 Å². The number of rotatable bonds is 10. The SMILES string of the molecule is NC(=O)C1CCCN(CCCNC(=O)CCCOc2cccc(Cl)c2Cl)C1. The van der Waals surface area contributed by atoms with Gasteiger partial charge in [-0.1, -0.05) is 29.3 Å². The number of ether oxygens (including phenoxy) is 1. The van der Waals surface area contributed by atoms with E-state index in [4.69, 9.17) is 33.7 Å². The molecule has 1 aromatic carbocycles. The zero-order valence-electron chi connectivity index (χ0n) is 15.4. The third-order valence-corrected chi connectivity index (χ3v) is 5.40. The summed E-state index contributed by atoms with van der Waals surface area (Å²) in [7, 11) is 0. The topological polar surface area (TPSA) is 84.7 Å². The van der Waals surface area contributed by atoms with Gasteiger partial charge >= 0.3 is 0 Å². The summed E-state index contributed by atoms with van der Waals surface area (Å²) < 4.78 is 5.56. The summed E-state index contributed by atoms with van der Waals surface area (Å²) in [5, 5.41) is 3.75. The Labute approximate surface area is 170 Å². The second-order valence-electron chi connectivity index (χ2n) is 6.75. The predicted octanol–water partition coefficient (Wildman–Crippen LogP) is 2.86. The molecule has 1 atom stereocenters. The van der Waals surface area contributed by atoms with E-state index in [9.17, 15) is 9.59 Å². The maximum absolute atomic E-state index is 11.9. The molecule has 1 unspecified atom stereocenters. The number of nitrogens with one attached hydrogen (secondary N) is 1. The molecule has 3 N–H and O–H groups in total. The molecule has 2 rings (SSSR count). The lowest BCUT2D eigenvalue weighted by Crippen LogP contribution is -2.42. The highest BCUT2D eigenvalue weighted by Crippen LogP contribution is 2.31. The van der Waals surface area contributed by atoms with Gasteiger partial charge in [0, 0.05) is 19.5 Å². The molecule has 0 spiro atoms. The van der Waals surface area contributed by atoms with Crippen molar-refractivity contribution in [2.24, 2.45) is 11.7 Å². The molecule has 1 heterocycles. The number of carbonyl (C=O) groups is 2. The van der Waals surface area contributed by atoms with Gasteiger partial charge in [-0.05, 0) is 50.9 Å². The van der Waals surface area contributed by atoms with Gasteiger partial charge in [-0.25, -0.2) is 0 Å². The fourth-order valence-electron chi connectivity index (χ4n) is 3.12. The molecule has 0 aliphatic carbocycles. The number of benzene rings is 1. The average molecular weight is 416 g/mol. The van der Waals surface area contributed by atoms with Gasteiger partial charge in [-0.2, -0.15) is 0 Å². The molecule has 0 radical (unpaired) electrons. The molecule has 1 aliphatic rings. The van der Waals surface area contributed by atoms with Crippen LogP contribution < -0.4 is 15.8 Å². The van der Waals surface area contributed by atoms with E-state index in [0.29, 0.717) is 41.8 Å². The number of carbonyl (C=O) groups excluding carboxylic acids is 2. The van der Waals surface area contributed by atoms with Crippen molar-refractivity contribution in [2.45, 2.75) is 32.1 Å². The Morgan fingerprint density at radius 1 is 1.30 bits per heavy atom. The zero-order valence-corrected chi connectivity index (χ0v) is 16.9. The molecular weight excluding hydrogens is 389 g/mol. The summed E-state index contributed by atoms with van der Waals surface area (Å²) in [5.74, 6) is 0.278. The van der Waals surface area contributed by atoms with Gasteiger partial charge in [-0.15, -0.1) is 0 Å². The van der Waals surface area contributed by atoms with Gasteiger partial charge < -0.3 is 20.7 Å². The summed E-state index contributed by atoms with van der Waals surface area (Å²) in [6, 6.07) is 5.21. The minimum absolute atomic E-state index is 0.00412. The zero-order chi connectivity index (χ0) is 19.6. The number of likely N-dealkylation sites (tertiary alicyclic amines) is 1. The highest BCUT2D eigenvalue weighted by atomic mass is 35.5. The van der Waals surface area contributed by atoms with E-state index in [-0.39, 0.29) is 17.7 Å². The fraction of sp³-hybridized carbons (Fsp3) is 0.579. The highest BCUT2D eigenvalue weighted by Gasteiger charge is 2.23. The summed E-state index contributed by atoms with van der Waals surface area (Å²) >= 11 is 12.0. The molecule has 1 aliphatic heterocycles. The third kappa shape index (κ3) is 7.56. The number of nitrogens with two attached hydrogens (primary N) is 1. The fourth-order valence-corrected chi connectivity index (χ4v) is 3.47. The Morgan fingerprint density at radius 2 is 2.11 bits per heavy atom. The molecule has 1 fully saturated rings. The number of amides is 2. The summed E-state index contributed by atoms with van der Waals surface area (Å²) in [6.45, 7) is 3.60. The van der Waals surface area contributed by atoms with Crippen molar-refractivity contribution in [2.75, 3.05) is 32.8 Å². The first-order chi connectivity index (χ1) is 13.0. The lowest BCUT2D eigenvalue weighted by molar-refractivity contribution is -0.123.